The first-order chi connectivity index (χ1) is 19.8. The van der Waals surface area contributed by atoms with Crippen molar-refractivity contribution in [1.82, 2.24) is 15.1 Å². The summed E-state index contributed by atoms with van der Waals surface area (Å²) >= 11 is 0. The average Bonchev–Trinajstić information content (AvgIpc) is 3.28. The predicted octanol–water partition coefficient (Wildman–Crippen LogP) is 3.75. The summed E-state index contributed by atoms with van der Waals surface area (Å²) in [6, 6.07) is 13.5. The highest BCUT2D eigenvalue weighted by Crippen LogP contribution is 2.30. The van der Waals surface area contributed by atoms with Crippen molar-refractivity contribution >= 4 is 29.1 Å². The number of benzene rings is 3. The summed E-state index contributed by atoms with van der Waals surface area (Å²) in [5.74, 6) is -3.79. The van der Waals surface area contributed by atoms with E-state index in [-0.39, 0.29) is 22.9 Å². The molecule has 214 valence electrons. The maximum atomic E-state index is 13.8. The van der Waals surface area contributed by atoms with Crippen LogP contribution < -0.4 is 15.5 Å². The van der Waals surface area contributed by atoms with Gasteiger partial charge in [0.1, 0.15) is 5.82 Å². The van der Waals surface area contributed by atoms with Gasteiger partial charge in [0.25, 0.3) is 17.7 Å². The lowest BCUT2D eigenvalue weighted by atomic mass is 10.1. The number of halogens is 3. The monoisotopic (exact) mass is 565 g/mol. The van der Waals surface area contributed by atoms with Gasteiger partial charge in [0.15, 0.2) is 11.6 Å². The van der Waals surface area contributed by atoms with Crippen molar-refractivity contribution in [3.8, 4) is 0 Å². The van der Waals surface area contributed by atoms with Gasteiger partial charge in [0.05, 0.1) is 11.4 Å². The highest BCUT2D eigenvalue weighted by molar-refractivity contribution is 6.07. The summed E-state index contributed by atoms with van der Waals surface area (Å²) in [4.78, 5) is 44.6. The highest BCUT2D eigenvalue weighted by atomic mass is 19.2. The van der Waals surface area contributed by atoms with Crippen LogP contribution >= 0.6 is 0 Å². The van der Waals surface area contributed by atoms with Crippen molar-refractivity contribution in [2.24, 2.45) is 0 Å². The SMILES string of the molecule is O=C(Nc1cc(C(=O)N2CCCNCC2)ccc1N1CCN(C(=O)c2cccc(F)c2)CC1)c1ccc(F)c(F)c1. The first-order valence-corrected chi connectivity index (χ1v) is 13.5. The van der Waals surface area contributed by atoms with Gasteiger partial charge in [0, 0.05) is 62.5 Å². The molecule has 2 aliphatic rings. The van der Waals surface area contributed by atoms with Crippen molar-refractivity contribution in [2.45, 2.75) is 6.42 Å². The van der Waals surface area contributed by atoms with E-state index in [1.54, 1.807) is 34.1 Å². The molecule has 2 fully saturated rings. The van der Waals surface area contributed by atoms with E-state index in [9.17, 15) is 27.6 Å². The standard InChI is InChI=1S/C30H30F3N5O3/c31-23-4-1-3-21(17-23)29(40)38-15-13-36(14-16-38)27-8-6-22(30(41)37-11-2-9-34-10-12-37)19-26(27)35-28(39)20-5-7-24(32)25(33)18-20/h1,3-8,17-19,34H,2,9-16H2,(H,35,39). The van der Waals surface area contributed by atoms with E-state index in [0.717, 1.165) is 25.1 Å². The van der Waals surface area contributed by atoms with Gasteiger partial charge in [-0.3, -0.25) is 14.4 Å². The number of nitrogens with one attached hydrogen (secondary N) is 2. The molecule has 0 radical (unpaired) electrons. The molecular formula is C30H30F3N5O3. The molecule has 5 rings (SSSR count). The quantitative estimate of drug-likeness (QED) is 0.493. The first-order valence-electron chi connectivity index (χ1n) is 13.5. The molecule has 2 saturated heterocycles. The molecule has 0 spiro atoms. The van der Waals surface area contributed by atoms with Crippen LogP contribution in [0.15, 0.2) is 60.7 Å². The van der Waals surface area contributed by atoms with Crippen LogP contribution in [0.1, 0.15) is 37.5 Å². The Morgan fingerprint density at radius 1 is 0.683 bits per heavy atom. The van der Waals surface area contributed by atoms with E-state index < -0.39 is 23.4 Å². The first kappa shape index (κ1) is 28.2. The number of rotatable bonds is 5. The fraction of sp³-hybridized carbons (Fsp3) is 0.300. The molecule has 0 saturated carbocycles. The van der Waals surface area contributed by atoms with Crippen LogP contribution in [0, 0.1) is 17.5 Å². The molecule has 3 aromatic rings. The topological polar surface area (TPSA) is 85.0 Å². The minimum Gasteiger partial charge on any atom is -0.366 e. The summed E-state index contributed by atoms with van der Waals surface area (Å²) in [5, 5.41) is 6.04. The van der Waals surface area contributed by atoms with Crippen LogP contribution in [-0.4, -0.2) is 79.9 Å². The number of hydrogen-bond donors (Lipinski definition) is 2. The Labute approximate surface area is 235 Å². The Bertz CT molecular complexity index is 1450. The molecule has 41 heavy (non-hydrogen) atoms. The molecule has 8 nitrogen and oxygen atoms in total. The predicted molar refractivity (Wildman–Crippen MR) is 149 cm³/mol. The zero-order valence-electron chi connectivity index (χ0n) is 22.3. The smallest absolute Gasteiger partial charge is 0.255 e. The fourth-order valence-electron chi connectivity index (χ4n) is 5.06. The minimum atomic E-state index is -1.14. The largest absolute Gasteiger partial charge is 0.366 e. The molecule has 2 aliphatic heterocycles. The molecule has 0 aromatic heterocycles. The van der Waals surface area contributed by atoms with Gasteiger partial charge in [-0.2, -0.15) is 0 Å². The third-order valence-electron chi connectivity index (χ3n) is 7.28. The Morgan fingerprint density at radius 3 is 2.12 bits per heavy atom. The second-order valence-electron chi connectivity index (χ2n) is 10.0. The Morgan fingerprint density at radius 2 is 1.39 bits per heavy atom. The van der Waals surface area contributed by atoms with Gasteiger partial charge in [-0.05, 0) is 67.6 Å². The number of nitrogens with zero attached hydrogens (tertiary/aromatic N) is 3. The Balaban J connectivity index is 1.38. The molecule has 2 N–H and O–H groups in total. The normalized spacial score (nSPS) is 15.8. The van der Waals surface area contributed by atoms with Gasteiger partial charge >= 0.3 is 0 Å². The van der Waals surface area contributed by atoms with E-state index in [1.165, 1.54) is 24.3 Å². The number of hydrogen-bond acceptors (Lipinski definition) is 5. The van der Waals surface area contributed by atoms with E-state index in [1.807, 2.05) is 4.90 Å². The third-order valence-corrected chi connectivity index (χ3v) is 7.28. The van der Waals surface area contributed by atoms with Crippen molar-refractivity contribution in [1.29, 1.82) is 0 Å². The maximum Gasteiger partial charge on any atom is 0.255 e. The summed E-state index contributed by atoms with van der Waals surface area (Å²) in [7, 11) is 0. The van der Waals surface area contributed by atoms with Crippen LogP contribution in [0.3, 0.4) is 0 Å². The van der Waals surface area contributed by atoms with Crippen LogP contribution in [0.5, 0.6) is 0 Å². The lowest BCUT2D eigenvalue weighted by Gasteiger charge is -2.37. The van der Waals surface area contributed by atoms with Gasteiger partial charge < -0.3 is 25.3 Å². The Hall–Kier alpha value is -4.38. The number of anilines is 2. The molecule has 11 heteroatoms. The third kappa shape index (κ3) is 6.51. The molecule has 2 heterocycles. The molecule has 0 unspecified atom stereocenters. The average molecular weight is 566 g/mol. The number of piperazine rings is 1. The number of carbonyl (C=O) groups excluding carboxylic acids is 3. The van der Waals surface area contributed by atoms with E-state index in [0.29, 0.717) is 62.8 Å². The van der Waals surface area contributed by atoms with Crippen LogP contribution in [-0.2, 0) is 0 Å². The molecular weight excluding hydrogens is 535 g/mol. The Kier molecular flexibility index (Phi) is 8.53. The lowest BCUT2D eigenvalue weighted by Crippen LogP contribution is -2.49. The summed E-state index contributed by atoms with van der Waals surface area (Å²) < 4.78 is 40.9. The molecule has 0 aliphatic carbocycles. The number of carbonyl (C=O) groups is 3. The number of amides is 3. The highest BCUT2D eigenvalue weighted by Gasteiger charge is 2.26. The van der Waals surface area contributed by atoms with Crippen molar-refractivity contribution < 1.29 is 27.6 Å². The maximum absolute atomic E-state index is 13.8. The van der Waals surface area contributed by atoms with Crippen LogP contribution in [0.25, 0.3) is 0 Å². The van der Waals surface area contributed by atoms with E-state index in [4.69, 9.17) is 0 Å². The summed E-state index contributed by atoms with van der Waals surface area (Å²) in [6.45, 7) is 4.21. The summed E-state index contributed by atoms with van der Waals surface area (Å²) in [5.41, 5.74) is 1.53. The van der Waals surface area contributed by atoms with E-state index >= 15 is 0 Å². The molecule has 3 amide bonds. The van der Waals surface area contributed by atoms with Gasteiger partial charge in [0.2, 0.25) is 0 Å². The van der Waals surface area contributed by atoms with Crippen molar-refractivity contribution in [2.75, 3.05) is 62.6 Å². The van der Waals surface area contributed by atoms with Crippen molar-refractivity contribution in [3.63, 3.8) is 0 Å². The van der Waals surface area contributed by atoms with Gasteiger partial charge in [-0.1, -0.05) is 6.07 Å². The second kappa shape index (κ2) is 12.4. The fourth-order valence-corrected chi connectivity index (χ4v) is 5.06. The van der Waals surface area contributed by atoms with Gasteiger partial charge in [-0.15, -0.1) is 0 Å². The van der Waals surface area contributed by atoms with Gasteiger partial charge in [-0.25, -0.2) is 13.2 Å². The molecule has 3 aromatic carbocycles. The van der Waals surface area contributed by atoms with Crippen LogP contribution in [0.2, 0.25) is 0 Å². The van der Waals surface area contributed by atoms with Crippen molar-refractivity contribution in [3.05, 3.63) is 94.8 Å². The minimum absolute atomic E-state index is 0.0734. The van der Waals surface area contributed by atoms with E-state index in [2.05, 4.69) is 10.6 Å². The summed E-state index contributed by atoms with van der Waals surface area (Å²) in [6.07, 6.45) is 0.822. The second-order valence-corrected chi connectivity index (χ2v) is 10.0. The zero-order chi connectivity index (χ0) is 28.9. The molecule has 0 atom stereocenters. The lowest BCUT2D eigenvalue weighted by molar-refractivity contribution is 0.0743. The van der Waals surface area contributed by atoms with Crippen LogP contribution in [0.4, 0.5) is 24.5 Å². The molecule has 0 bridgehead atoms. The zero-order valence-corrected chi connectivity index (χ0v) is 22.3.